The highest BCUT2D eigenvalue weighted by molar-refractivity contribution is 7.85. The first kappa shape index (κ1) is 18.9. The zero-order chi connectivity index (χ0) is 19.1. The monoisotopic (exact) mass is 379 g/mol. The first-order chi connectivity index (χ1) is 13.2. The lowest BCUT2D eigenvalue weighted by molar-refractivity contribution is 0.0947. The van der Waals surface area contributed by atoms with Crippen LogP contribution in [0.5, 0.6) is 11.5 Å². The van der Waals surface area contributed by atoms with E-state index in [1.807, 2.05) is 61.5 Å². The summed E-state index contributed by atoms with van der Waals surface area (Å²) in [5.41, 5.74) is 1.38. The van der Waals surface area contributed by atoms with E-state index in [1.54, 1.807) is 24.3 Å². The average molecular weight is 379 g/mol. The predicted octanol–water partition coefficient (Wildman–Crippen LogP) is 4.54. The molecule has 0 aliphatic heterocycles. The Labute approximate surface area is 161 Å². The zero-order valence-corrected chi connectivity index (χ0v) is 15.9. The molecule has 0 bridgehead atoms. The van der Waals surface area contributed by atoms with E-state index in [4.69, 9.17) is 4.74 Å². The van der Waals surface area contributed by atoms with Crippen molar-refractivity contribution >= 4 is 16.7 Å². The van der Waals surface area contributed by atoms with Crippen LogP contribution in [-0.4, -0.2) is 15.9 Å². The molecule has 3 rings (SSSR count). The minimum atomic E-state index is -1.18. The van der Waals surface area contributed by atoms with Crippen LogP contribution in [0.2, 0.25) is 0 Å². The summed E-state index contributed by atoms with van der Waals surface area (Å²) in [7, 11) is -1.18. The van der Waals surface area contributed by atoms with Crippen LogP contribution in [0.15, 0.2) is 83.8 Å². The number of nitrogens with one attached hydrogen (secondary N) is 1. The maximum atomic E-state index is 12.6. The predicted molar refractivity (Wildman–Crippen MR) is 108 cm³/mol. The highest BCUT2D eigenvalue weighted by atomic mass is 32.2. The van der Waals surface area contributed by atoms with Gasteiger partial charge in [0.05, 0.1) is 21.3 Å². The molecule has 1 N–H and O–H groups in total. The Kier molecular flexibility index (Phi) is 6.39. The fourth-order valence-corrected chi connectivity index (χ4v) is 3.58. The molecule has 1 atom stereocenters. The van der Waals surface area contributed by atoms with Gasteiger partial charge >= 0.3 is 0 Å². The van der Waals surface area contributed by atoms with Crippen molar-refractivity contribution in [1.82, 2.24) is 5.32 Å². The van der Waals surface area contributed by atoms with Gasteiger partial charge in [0.2, 0.25) is 0 Å². The van der Waals surface area contributed by atoms with Gasteiger partial charge in [-0.25, -0.2) is 0 Å². The number of para-hydroxylation sites is 1. The van der Waals surface area contributed by atoms with Gasteiger partial charge in [-0.15, -0.1) is 0 Å². The number of carbonyl (C=O) groups is 1. The summed E-state index contributed by atoms with van der Waals surface area (Å²) in [4.78, 5) is 13.1. The number of rotatable bonds is 7. The molecule has 27 heavy (non-hydrogen) atoms. The molecule has 0 saturated heterocycles. The lowest BCUT2D eigenvalue weighted by Crippen LogP contribution is -2.24. The van der Waals surface area contributed by atoms with Crippen LogP contribution >= 0.6 is 0 Å². The molecule has 1 amide bonds. The van der Waals surface area contributed by atoms with E-state index in [0.717, 1.165) is 11.3 Å². The molecule has 0 aliphatic carbocycles. The van der Waals surface area contributed by atoms with Gasteiger partial charge in [0.1, 0.15) is 11.5 Å². The molecule has 0 radical (unpaired) electrons. The second kappa shape index (κ2) is 9.14. The summed E-state index contributed by atoms with van der Waals surface area (Å²) >= 11 is 0. The van der Waals surface area contributed by atoms with Gasteiger partial charge in [-0.05, 0) is 42.0 Å². The highest BCUT2D eigenvalue weighted by Crippen LogP contribution is 2.22. The molecule has 0 fully saturated rings. The van der Waals surface area contributed by atoms with Gasteiger partial charge < -0.3 is 10.1 Å². The van der Waals surface area contributed by atoms with E-state index >= 15 is 0 Å². The molecule has 4 nitrogen and oxygen atoms in total. The van der Waals surface area contributed by atoms with Gasteiger partial charge in [0.25, 0.3) is 5.91 Å². The highest BCUT2D eigenvalue weighted by Gasteiger charge is 2.14. The molecule has 3 aromatic rings. The molecule has 0 saturated carbocycles. The summed E-state index contributed by atoms with van der Waals surface area (Å²) < 4.78 is 18.0. The third-order valence-corrected chi connectivity index (χ3v) is 5.34. The number of carbonyl (C=O) groups excluding carboxylic acids is 1. The maximum Gasteiger partial charge on any atom is 0.252 e. The third kappa shape index (κ3) is 5.05. The van der Waals surface area contributed by atoms with E-state index in [2.05, 4.69) is 5.32 Å². The summed E-state index contributed by atoms with van der Waals surface area (Å²) in [5, 5.41) is 2.90. The number of hydrogen-bond donors (Lipinski definition) is 1. The Bertz CT molecular complexity index is 941. The van der Waals surface area contributed by atoms with Crippen LogP contribution in [0.25, 0.3) is 0 Å². The van der Waals surface area contributed by atoms with Gasteiger partial charge in [-0.1, -0.05) is 49.4 Å². The quantitative estimate of drug-likeness (QED) is 0.656. The molecule has 0 aromatic heterocycles. The first-order valence-corrected chi connectivity index (χ1v) is 10.1. The number of hydrogen-bond acceptors (Lipinski definition) is 3. The smallest absolute Gasteiger partial charge is 0.252 e. The van der Waals surface area contributed by atoms with Gasteiger partial charge in [0, 0.05) is 12.3 Å². The molecule has 0 heterocycles. The summed E-state index contributed by atoms with van der Waals surface area (Å²) in [6, 6.07) is 24.1. The van der Waals surface area contributed by atoms with E-state index < -0.39 is 10.8 Å². The number of benzene rings is 3. The van der Waals surface area contributed by atoms with E-state index in [0.29, 0.717) is 28.5 Å². The Balaban J connectivity index is 1.68. The van der Waals surface area contributed by atoms with Gasteiger partial charge in [0.15, 0.2) is 0 Å². The Morgan fingerprint density at radius 2 is 1.63 bits per heavy atom. The largest absolute Gasteiger partial charge is 0.457 e. The Morgan fingerprint density at radius 1 is 0.926 bits per heavy atom. The first-order valence-electron chi connectivity index (χ1n) is 8.75. The van der Waals surface area contributed by atoms with E-state index in [-0.39, 0.29) is 5.91 Å². The van der Waals surface area contributed by atoms with Crippen molar-refractivity contribution in [2.75, 3.05) is 5.75 Å². The minimum Gasteiger partial charge on any atom is -0.457 e. The van der Waals surface area contributed by atoms with Crippen molar-refractivity contribution in [3.8, 4) is 11.5 Å². The lowest BCUT2D eigenvalue weighted by Gasteiger charge is -2.11. The van der Waals surface area contributed by atoms with Crippen molar-refractivity contribution < 1.29 is 13.7 Å². The van der Waals surface area contributed by atoms with E-state index in [9.17, 15) is 9.00 Å². The van der Waals surface area contributed by atoms with Crippen LogP contribution in [0.4, 0.5) is 0 Å². The second-order valence-electron chi connectivity index (χ2n) is 5.88. The van der Waals surface area contributed by atoms with Crippen molar-refractivity contribution in [2.24, 2.45) is 0 Å². The van der Waals surface area contributed by atoms with Crippen molar-refractivity contribution in [3.05, 3.63) is 90.0 Å². The lowest BCUT2D eigenvalue weighted by atomic mass is 10.2. The average Bonchev–Trinajstić information content (AvgIpc) is 2.72. The SMILES string of the molecule is CCS(=O)c1ccccc1C(=O)NCc1cccc(Oc2ccccc2)c1. The summed E-state index contributed by atoms with van der Waals surface area (Å²) in [6.45, 7) is 2.20. The molecule has 0 aliphatic rings. The van der Waals surface area contributed by atoms with Crippen LogP contribution in [-0.2, 0) is 17.3 Å². The molecular formula is C22H21NO3S. The van der Waals surface area contributed by atoms with Crippen LogP contribution in [0, 0.1) is 0 Å². The second-order valence-corrected chi connectivity index (χ2v) is 7.58. The summed E-state index contributed by atoms with van der Waals surface area (Å²) in [5.74, 6) is 1.71. The Hall–Kier alpha value is -2.92. The molecule has 1 unspecified atom stereocenters. The van der Waals surface area contributed by atoms with Gasteiger partial charge in [-0.2, -0.15) is 0 Å². The van der Waals surface area contributed by atoms with Crippen LogP contribution < -0.4 is 10.1 Å². The number of ether oxygens (including phenoxy) is 1. The van der Waals surface area contributed by atoms with Crippen molar-refractivity contribution in [2.45, 2.75) is 18.4 Å². The molecule has 5 heteroatoms. The molecule has 0 spiro atoms. The van der Waals surface area contributed by atoms with Gasteiger partial charge in [-0.3, -0.25) is 9.00 Å². The maximum absolute atomic E-state index is 12.6. The zero-order valence-electron chi connectivity index (χ0n) is 15.1. The molecule has 3 aromatic carbocycles. The summed E-state index contributed by atoms with van der Waals surface area (Å²) in [6.07, 6.45) is 0. The van der Waals surface area contributed by atoms with Crippen molar-refractivity contribution in [3.63, 3.8) is 0 Å². The standard InChI is InChI=1S/C22H21NO3S/c1-2-27(25)21-14-7-6-13-20(21)22(24)23-16-17-9-8-12-19(15-17)26-18-10-4-3-5-11-18/h3-15H,2,16H2,1H3,(H,23,24). The van der Waals surface area contributed by atoms with Crippen LogP contribution in [0.3, 0.4) is 0 Å². The fraction of sp³-hybridized carbons (Fsp3) is 0.136. The fourth-order valence-electron chi connectivity index (χ4n) is 2.63. The van der Waals surface area contributed by atoms with E-state index in [1.165, 1.54) is 0 Å². The topological polar surface area (TPSA) is 55.4 Å². The minimum absolute atomic E-state index is 0.234. The molecular weight excluding hydrogens is 358 g/mol. The third-order valence-electron chi connectivity index (χ3n) is 3.97. The number of amides is 1. The normalized spacial score (nSPS) is 11.6. The Morgan fingerprint density at radius 3 is 2.41 bits per heavy atom. The molecule has 138 valence electrons. The van der Waals surface area contributed by atoms with Crippen LogP contribution in [0.1, 0.15) is 22.8 Å². The van der Waals surface area contributed by atoms with Crippen molar-refractivity contribution in [1.29, 1.82) is 0 Å².